The number of carboxylic acid groups (broad SMARTS) is 1. The van der Waals surface area contributed by atoms with Gasteiger partial charge in [0, 0.05) is 11.1 Å². The van der Waals surface area contributed by atoms with Gasteiger partial charge in [-0.15, -0.1) is 0 Å². The first-order valence-corrected chi connectivity index (χ1v) is 31.9. The van der Waals surface area contributed by atoms with Crippen LogP contribution in [0.3, 0.4) is 0 Å². The van der Waals surface area contributed by atoms with Gasteiger partial charge in [0.05, 0.1) is 62.4 Å². The SMILES string of the molecule is C/C=C(/C)C(=O)OC1C(O)[C@H](CO[C@H]2[C@H](O)[C@@]3(CO)C(CC2(C)C)C2=CCC4[C@@]5(C)CC[C@H](O[C@@H]6OC(C(=O)O)[C@@H](O)C(O[C@@H]7O[C@@H](CO)C(O)C7O)C6O[C@@H]6OC(CO)[C@H](O)C(O)C6O)C(C)(C)C5CC[C@@]4(C)[C@]2(C)C[C@H]3O)OC(C)[C@@H]1OC(=O)/C(C)=C\C. The number of fused-ring (bicyclic) bond motifs is 7. The van der Waals surface area contributed by atoms with Gasteiger partial charge in [0.15, 0.2) is 37.2 Å². The molecule has 30 atom stereocenters. The Labute approximate surface area is 525 Å². The molecule has 0 spiro atoms. The summed E-state index contributed by atoms with van der Waals surface area (Å²) in [7, 11) is 0. The third-order valence-corrected chi connectivity index (χ3v) is 23.6. The Morgan fingerprint density at radius 1 is 0.622 bits per heavy atom. The second-order valence-corrected chi connectivity index (χ2v) is 29.1. The number of carbonyl (C=O) groups is 3. The molecule has 0 bridgehead atoms. The molecular formula is C64H100O26. The number of hydrogen-bond acceptors (Lipinski definition) is 25. The molecule has 0 aromatic rings. The first kappa shape index (κ1) is 71.1. The van der Waals surface area contributed by atoms with Crippen molar-refractivity contribution >= 4 is 17.9 Å². The highest BCUT2D eigenvalue weighted by atomic mass is 16.8. The maximum atomic E-state index is 13.2. The summed E-state index contributed by atoms with van der Waals surface area (Å²) >= 11 is 0. The van der Waals surface area contributed by atoms with Crippen LogP contribution in [0.2, 0.25) is 0 Å². The summed E-state index contributed by atoms with van der Waals surface area (Å²) in [6, 6.07) is 0. The molecule has 26 heteroatoms. The van der Waals surface area contributed by atoms with Gasteiger partial charge in [-0.05, 0) is 124 Å². The summed E-state index contributed by atoms with van der Waals surface area (Å²) in [5.41, 5.74) is -2.99. The minimum Gasteiger partial charge on any atom is -0.479 e. The van der Waals surface area contributed by atoms with E-state index in [1.807, 2.05) is 27.7 Å². The van der Waals surface area contributed by atoms with Crippen LogP contribution < -0.4 is 0 Å². The maximum absolute atomic E-state index is 13.2. The predicted octanol–water partition coefficient (Wildman–Crippen LogP) is 0.186. The van der Waals surface area contributed by atoms with Crippen molar-refractivity contribution in [1.29, 1.82) is 0 Å². The number of aliphatic carboxylic acids is 1. The van der Waals surface area contributed by atoms with E-state index < -0.39 is 217 Å². The quantitative estimate of drug-likeness (QED) is 0.0400. The van der Waals surface area contributed by atoms with Gasteiger partial charge in [0.25, 0.3) is 0 Å². The Bertz CT molecular complexity index is 2680. The molecule has 4 saturated carbocycles. The maximum Gasteiger partial charge on any atom is 0.335 e. The van der Waals surface area contributed by atoms with Crippen LogP contribution in [-0.4, -0.2) is 252 Å². The fraction of sp³-hybridized carbons (Fsp3) is 0.859. The van der Waals surface area contributed by atoms with Crippen LogP contribution in [0.1, 0.15) is 128 Å². The van der Waals surface area contributed by atoms with Crippen LogP contribution in [0.15, 0.2) is 34.9 Å². The molecule has 0 amide bonds. The fourth-order valence-electron chi connectivity index (χ4n) is 17.9. The highest BCUT2D eigenvalue weighted by molar-refractivity contribution is 5.88. The van der Waals surface area contributed by atoms with E-state index in [4.69, 9.17) is 47.4 Å². The number of aliphatic hydroxyl groups excluding tert-OH is 12. The van der Waals surface area contributed by atoms with Gasteiger partial charge in [-0.1, -0.05) is 72.3 Å². The summed E-state index contributed by atoms with van der Waals surface area (Å²) in [5.74, 6) is -3.66. The van der Waals surface area contributed by atoms with Crippen LogP contribution in [0, 0.1) is 50.2 Å². The van der Waals surface area contributed by atoms with Crippen molar-refractivity contribution in [3.8, 4) is 0 Å². The molecule has 4 heterocycles. The van der Waals surface area contributed by atoms with Crippen LogP contribution in [-0.2, 0) is 61.8 Å². The zero-order valence-electron chi connectivity index (χ0n) is 53.6. The van der Waals surface area contributed by atoms with Crippen molar-refractivity contribution in [3.63, 3.8) is 0 Å². The number of allylic oxidation sites excluding steroid dienone is 4. The average molecular weight is 1290 g/mol. The van der Waals surface area contributed by atoms with E-state index in [0.717, 1.165) is 5.57 Å². The molecular weight excluding hydrogens is 1180 g/mol. The fourth-order valence-corrected chi connectivity index (χ4v) is 17.9. The molecule has 0 aromatic heterocycles. The molecule has 5 aliphatic carbocycles. The molecule has 4 saturated heterocycles. The van der Waals surface area contributed by atoms with E-state index in [2.05, 4.69) is 26.8 Å². The van der Waals surface area contributed by atoms with Gasteiger partial charge in [0.1, 0.15) is 73.2 Å². The Hall–Kier alpha value is -3.17. The normalized spacial score (nSPS) is 49.3. The van der Waals surface area contributed by atoms with Crippen molar-refractivity contribution in [1.82, 2.24) is 0 Å². The number of carbonyl (C=O) groups excluding carboxylic acids is 2. The van der Waals surface area contributed by atoms with Gasteiger partial charge in [-0.3, -0.25) is 0 Å². The van der Waals surface area contributed by atoms with Gasteiger partial charge >= 0.3 is 17.9 Å². The molecule has 14 unspecified atom stereocenters. The summed E-state index contributed by atoms with van der Waals surface area (Å²) in [6.07, 6.45) is -27.1. The lowest BCUT2D eigenvalue weighted by Crippen LogP contribution is -2.72. The first-order valence-electron chi connectivity index (χ1n) is 31.9. The lowest BCUT2D eigenvalue weighted by Gasteiger charge is -2.72. The Morgan fingerprint density at radius 3 is 1.76 bits per heavy atom. The standard InChI is InChI=1S/C64H100O26/c1-13-27(3)54(79)86-46-29(5)82-34(41(71)47(46)87-55(80)28(4)14-2)25-81-52-51(76)64(26-67)31(21-59(52,6)7)30-15-16-36-61(10)19-18-38(60(8,9)35(61)17-20-62(36,11)63(30,12)22-37(64)68)85-58-50(90-57-44(74)42(72)39(69)32(23-65)83-57)48(45(75)49(89-58)53(77)78)88-56-43(73)40(70)33(24-66)84-56/h13-15,29,31-52,56-58,65-76H,16-26H2,1-12H3,(H,77,78)/b27-13-,28-14-/t29?,31?,32?,33-,34-,35?,36?,37+,38-,39-,40?,41?,42?,43?,44?,45-,46-,47?,48?,49?,50?,51-,52-,56-,57-,58+,61-,62+,63+,64-/m0/s1. The van der Waals surface area contributed by atoms with Crippen LogP contribution in [0.25, 0.3) is 0 Å². The van der Waals surface area contributed by atoms with Gasteiger partial charge in [-0.25, -0.2) is 14.4 Å². The largest absolute Gasteiger partial charge is 0.479 e. The minimum atomic E-state index is -2.12. The third kappa shape index (κ3) is 11.8. The second kappa shape index (κ2) is 26.4. The molecule has 0 radical (unpaired) electrons. The van der Waals surface area contributed by atoms with E-state index in [9.17, 15) is 80.8 Å². The van der Waals surface area contributed by atoms with Crippen LogP contribution in [0.4, 0.5) is 0 Å². The Morgan fingerprint density at radius 2 is 1.19 bits per heavy atom. The zero-order chi connectivity index (χ0) is 66.4. The molecule has 4 aliphatic heterocycles. The smallest absolute Gasteiger partial charge is 0.335 e. The number of rotatable bonds is 17. The Balaban J connectivity index is 0.966. The molecule has 13 N–H and O–H groups in total. The highest BCUT2D eigenvalue weighted by Crippen LogP contribution is 2.76. The van der Waals surface area contributed by atoms with Crippen molar-refractivity contribution in [2.45, 2.75) is 269 Å². The minimum absolute atomic E-state index is 0.00202. The molecule has 9 aliphatic rings. The zero-order valence-corrected chi connectivity index (χ0v) is 53.6. The van der Waals surface area contributed by atoms with E-state index in [0.29, 0.717) is 44.1 Å². The summed E-state index contributed by atoms with van der Waals surface area (Å²) in [5, 5.41) is 146. The summed E-state index contributed by atoms with van der Waals surface area (Å²) in [6.45, 7) is 20.4. The van der Waals surface area contributed by atoms with E-state index >= 15 is 0 Å². The number of esters is 2. The van der Waals surface area contributed by atoms with E-state index in [-0.39, 0.29) is 30.4 Å². The molecule has 512 valence electrons. The molecule has 8 fully saturated rings. The molecule has 0 aromatic carbocycles. The van der Waals surface area contributed by atoms with Gasteiger partial charge in [-0.2, -0.15) is 0 Å². The molecule has 26 nitrogen and oxygen atoms in total. The van der Waals surface area contributed by atoms with Crippen molar-refractivity contribution in [2.75, 3.05) is 26.4 Å². The van der Waals surface area contributed by atoms with E-state index in [1.54, 1.807) is 46.8 Å². The van der Waals surface area contributed by atoms with E-state index in [1.165, 1.54) is 0 Å². The first-order chi connectivity index (χ1) is 42.1. The summed E-state index contributed by atoms with van der Waals surface area (Å²) in [4.78, 5) is 39.2. The predicted molar refractivity (Wildman–Crippen MR) is 311 cm³/mol. The topological polar surface area (TPSA) is 407 Å². The van der Waals surface area contributed by atoms with Crippen molar-refractivity contribution in [2.24, 2.45) is 50.2 Å². The second-order valence-electron chi connectivity index (χ2n) is 29.1. The third-order valence-electron chi connectivity index (χ3n) is 23.6. The molecule has 9 rings (SSSR count). The van der Waals surface area contributed by atoms with Crippen LogP contribution in [0.5, 0.6) is 0 Å². The highest BCUT2D eigenvalue weighted by Gasteiger charge is 2.73. The monoisotopic (exact) mass is 1280 g/mol. The Kier molecular flexibility index (Phi) is 20.9. The summed E-state index contributed by atoms with van der Waals surface area (Å²) < 4.78 is 61.1. The van der Waals surface area contributed by atoms with Gasteiger partial charge in [0.2, 0.25) is 0 Å². The van der Waals surface area contributed by atoms with Crippen molar-refractivity contribution < 1.29 is 128 Å². The van der Waals surface area contributed by atoms with Crippen molar-refractivity contribution in [3.05, 3.63) is 34.9 Å². The number of hydrogen-bond donors (Lipinski definition) is 13. The van der Waals surface area contributed by atoms with Crippen LogP contribution >= 0.6 is 0 Å². The lowest BCUT2D eigenvalue weighted by molar-refractivity contribution is -0.386. The molecule has 90 heavy (non-hydrogen) atoms. The average Bonchev–Trinajstić information content (AvgIpc) is 0.730. The van der Waals surface area contributed by atoms with Gasteiger partial charge < -0.3 is 114 Å². The number of carboxylic acids is 1. The number of ether oxygens (including phenoxy) is 10. The number of aliphatic hydroxyl groups is 12. The lowest BCUT2D eigenvalue weighted by atomic mass is 9.33.